The van der Waals surface area contributed by atoms with Crippen molar-refractivity contribution >= 4 is 23.2 Å². The molecule has 4 heteroatoms. The van der Waals surface area contributed by atoms with Gasteiger partial charge in [-0.15, -0.1) is 0 Å². The Balaban J connectivity index is 2.78. The molecule has 0 bridgehead atoms. The van der Waals surface area contributed by atoms with Gasteiger partial charge in [0.1, 0.15) is 5.82 Å². The Morgan fingerprint density at radius 1 is 1.50 bits per heavy atom. The molecule has 0 fully saturated rings. The van der Waals surface area contributed by atoms with Crippen LogP contribution in [0.5, 0.6) is 0 Å². The molecule has 0 heterocycles. The van der Waals surface area contributed by atoms with Crippen molar-refractivity contribution in [2.75, 3.05) is 5.32 Å². The van der Waals surface area contributed by atoms with Crippen molar-refractivity contribution in [1.82, 2.24) is 0 Å². The molecule has 1 rings (SSSR count). The third-order valence-electron chi connectivity index (χ3n) is 1.71. The molecule has 0 radical (unpaired) electrons. The van der Waals surface area contributed by atoms with Gasteiger partial charge >= 0.3 is 0 Å². The van der Waals surface area contributed by atoms with Crippen LogP contribution in [0, 0.1) is 11.7 Å². The van der Waals surface area contributed by atoms with Gasteiger partial charge in [-0.3, -0.25) is 4.79 Å². The van der Waals surface area contributed by atoms with E-state index in [0.717, 1.165) is 0 Å². The SMILES string of the molecule is CC(C)C(=O)Nc1ccc(F)c(Cl)c1. The quantitative estimate of drug-likeness (QED) is 0.807. The monoisotopic (exact) mass is 215 g/mol. The van der Waals surface area contributed by atoms with Crippen molar-refractivity contribution < 1.29 is 9.18 Å². The summed E-state index contributed by atoms with van der Waals surface area (Å²) in [4.78, 5) is 11.3. The van der Waals surface area contributed by atoms with Crippen molar-refractivity contribution in [3.8, 4) is 0 Å². The number of hydrogen-bond acceptors (Lipinski definition) is 1. The van der Waals surface area contributed by atoms with E-state index in [4.69, 9.17) is 11.6 Å². The van der Waals surface area contributed by atoms with E-state index in [-0.39, 0.29) is 16.8 Å². The predicted octanol–water partition coefficient (Wildman–Crippen LogP) is 3.07. The number of halogens is 2. The first-order valence-electron chi connectivity index (χ1n) is 4.26. The summed E-state index contributed by atoms with van der Waals surface area (Å²) in [6.07, 6.45) is 0. The van der Waals surface area contributed by atoms with E-state index >= 15 is 0 Å². The number of nitrogens with one attached hydrogen (secondary N) is 1. The molecule has 1 amide bonds. The largest absolute Gasteiger partial charge is 0.326 e. The molecule has 76 valence electrons. The number of rotatable bonds is 2. The van der Waals surface area contributed by atoms with Crippen molar-refractivity contribution in [1.29, 1.82) is 0 Å². The molecule has 1 aromatic rings. The first-order valence-corrected chi connectivity index (χ1v) is 4.64. The summed E-state index contributed by atoms with van der Waals surface area (Å²) in [5, 5.41) is 2.63. The predicted molar refractivity (Wildman–Crippen MR) is 54.9 cm³/mol. The summed E-state index contributed by atoms with van der Waals surface area (Å²) in [7, 11) is 0. The average molecular weight is 216 g/mol. The van der Waals surface area contributed by atoms with Crippen LogP contribution in [-0.4, -0.2) is 5.91 Å². The van der Waals surface area contributed by atoms with Gasteiger partial charge in [0.25, 0.3) is 0 Å². The second kappa shape index (κ2) is 4.42. The van der Waals surface area contributed by atoms with E-state index in [1.54, 1.807) is 13.8 Å². The van der Waals surface area contributed by atoms with Crippen LogP contribution in [0.3, 0.4) is 0 Å². The lowest BCUT2D eigenvalue weighted by atomic mass is 10.2. The molecule has 1 aromatic carbocycles. The van der Waals surface area contributed by atoms with Crippen molar-refractivity contribution in [3.63, 3.8) is 0 Å². The summed E-state index contributed by atoms with van der Waals surface area (Å²) < 4.78 is 12.8. The van der Waals surface area contributed by atoms with Crippen LogP contribution in [0.2, 0.25) is 5.02 Å². The normalized spacial score (nSPS) is 10.4. The van der Waals surface area contributed by atoms with Gasteiger partial charge < -0.3 is 5.32 Å². The minimum atomic E-state index is -0.491. The molecule has 0 atom stereocenters. The standard InChI is InChI=1S/C10H11ClFNO/c1-6(2)10(14)13-7-3-4-9(12)8(11)5-7/h3-6H,1-2H3,(H,13,14). The van der Waals surface area contributed by atoms with E-state index in [1.807, 2.05) is 0 Å². The molecule has 14 heavy (non-hydrogen) atoms. The lowest BCUT2D eigenvalue weighted by molar-refractivity contribution is -0.118. The fourth-order valence-corrected chi connectivity index (χ4v) is 1.04. The summed E-state index contributed by atoms with van der Waals surface area (Å²) in [6.45, 7) is 3.56. The minimum Gasteiger partial charge on any atom is -0.326 e. The Hall–Kier alpha value is -1.09. The first kappa shape index (κ1) is 11.0. The second-order valence-corrected chi connectivity index (χ2v) is 3.68. The minimum absolute atomic E-state index is 0.00607. The summed E-state index contributed by atoms with van der Waals surface area (Å²) in [5.41, 5.74) is 0.509. The summed E-state index contributed by atoms with van der Waals surface area (Å²) >= 11 is 5.55. The fourth-order valence-electron chi connectivity index (χ4n) is 0.860. The number of anilines is 1. The van der Waals surface area contributed by atoms with Crippen LogP contribution in [0.4, 0.5) is 10.1 Å². The van der Waals surface area contributed by atoms with Gasteiger partial charge in [-0.1, -0.05) is 25.4 Å². The van der Waals surface area contributed by atoms with Gasteiger partial charge in [0.2, 0.25) is 5.91 Å². The Morgan fingerprint density at radius 2 is 2.14 bits per heavy atom. The molecule has 2 nitrogen and oxygen atoms in total. The Bertz CT molecular complexity index is 352. The molecular formula is C10H11ClFNO. The Labute approximate surface area is 87.1 Å². The molecule has 0 aliphatic rings. The highest BCUT2D eigenvalue weighted by atomic mass is 35.5. The number of carbonyl (C=O) groups excluding carboxylic acids is 1. The zero-order chi connectivity index (χ0) is 10.7. The Morgan fingerprint density at radius 3 is 2.64 bits per heavy atom. The van der Waals surface area contributed by atoms with Crippen LogP contribution >= 0.6 is 11.6 Å². The van der Waals surface area contributed by atoms with Crippen molar-refractivity contribution in [2.45, 2.75) is 13.8 Å². The van der Waals surface area contributed by atoms with E-state index in [0.29, 0.717) is 5.69 Å². The fraction of sp³-hybridized carbons (Fsp3) is 0.300. The van der Waals surface area contributed by atoms with Gasteiger partial charge in [0, 0.05) is 11.6 Å². The second-order valence-electron chi connectivity index (χ2n) is 3.27. The van der Waals surface area contributed by atoms with E-state index < -0.39 is 5.82 Å². The number of hydrogen-bond donors (Lipinski definition) is 1. The molecule has 0 aromatic heterocycles. The molecule has 0 aliphatic carbocycles. The third kappa shape index (κ3) is 2.70. The van der Waals surface area contributed by atoms with Crippen LogP contribution < -0.4 is 5.32 Å². The molecule has 0 saturated carbocycles. The molecule has 0 spiro atoms. The van der Waals surface area contributed by atoms with Crippen molar-refractivity contribution in [3.05, 3.63) is 29.0 Å². The van der Waals surface area contributed by atoms with Gasteiger partial charge in [-0.25, -0.2) is 4.39 Å². The molecule has 0 aliphatic heterocycles. The van der Waals surface area contributed by atoms with Crippen LogP contribution in [0.1, 0.15) is 13.8 Å². The highest BCUT2D eigenvalue weighted by Crippen LogP contribution is 2.19. The molecule has 0 unspecified atom stereocenters. The zero-order valence-electron chi connectivity index (χ0n) is 7.97. The maximum absolute atomic E-state index is 12.8. The molecule has 1 N–H and O–H groups in total. The first-order chi connectivity index (χ1) is 6.50. The van der Waals surface area contributed by atoms with Gasteiger partial charge in [-0.05, 0) is 18.2 Å². The summed E-state index contributed by atoms with van der Waals surface area (Å²) in [5.74, 6) is -0.722. The van der Waals surface area contributed by atoms with E-state index in [1.165, 1.54) is 18.2 Å². The number of benzene rings is 1. The maximum Gasteiger partial charge on any atom is 0.226 e. The third-order valence-corrected chi connectivity index (χ3v) is 2.00. The lowest BCUT2D eigenvalue weighted by Gasteiger charge is -2.07. The number of amides is 1. The van der Waals surface area contributed by atoms with E-state index in [2.05, 4.69) is 5.32 Å². The van der Waals surface area contributed by atoms with Crippen LogP contribution in [0.25, 0.3) is 0 Å². The van der Waals surface area contributed by atoms with Gasteiger partial charge in [0.05, 0.1) is 5.02 Å². The average Bonchev–Trinajstić information content (AvgIpc) is 2.11. The highest BCUT2D eigenvalue weighted by molar-refractivity contribution is 6.31. The maximum atomic E-state index is 12.8. The van der Waals surface area contributed by atoms with Crippen LogP contribution in [-0.2, 0) is 4.79 Å². The van der Waals surface area contributed by atoms with Gasteiger partial charge in [-0.2, -0.15) is 0 Å². The van der Waals surface area contributed by atoms with Crippen molar-refractivity contribution in [2.24, 2.45) is 5.92 Å². The lowest BCUT2D eigenvalue weighted by Crippen LogP contribution is -2.17. The molecule has 0 saturated heterocycles. The zero-order valence-corrected chi connectivity index (χ0v) is 8.73. The van der Waals surface area contributed by atoms with E-state index in [9.17, 15) is 9.18 Å². The molecular weight excluding hydrogens is 205 g/mol. The number of carbonyl (C=O) groups is 1. The Kier molecular flexibility index (Phi) is 3.47. The summed E-state index contributed by atoms with van der Waals surface area (Å²) in [6, 6.07) is 4.08. The van der Waals surface area contributed by atoms with Gasteiger partial charge in [0.15, 0.2) is 0 Å². The van der Waals surface area contributed by atoms with Crippen LogP contribution in [0.15, 0.2) is 18.2 Å². The topological polar surface area (TPSA) is 29.1 Å². The highest BCUT2D eigenvalue weighted by Gasteiger charge is 2.08. The smallest absolute Gasteiger partial charge is 0.226 e.